The molecular formula is C16H26N2O. The van der Waals surface area contributed by atoms with Crippen molar-refractivity contribution in [2.75, 3.05) is 14.1 Å². The summed E-state index contributed by atoms with van der Waals surface area (Å²) in [7, 11) is 4.27. The summed E-state index contributed by atoms with van der Waals surface area (Å²) in [6.07, 6.45) is 5.03. The van der Waals surface area contributed by atoms with E-state index in [0.717, 1.165) is 0 Å². The molecule has 0 bridgehead atoms. The Morgan fingerprint density at radius 1 is 1.26 bits per heavy atom. The second-order valence-corrected chi connectivity index (χ2v) is 5.73. The van der Waals surface area contributed by atoms with Gasteiger partial charge in [0.25, 0.3) is 0 Å². The first-order valence-corrected chi connectivity index (χ1v) is 7.30. The fourth-order valence-electron chi connectivity index (χ4n) is 3.11. The molecule has 2 rings (SSSR count). The zero-order valence-electron chi connectivity index (χ0n) is 12.3. The Bertz CT molecular complexity index is 399. The molecule has 1 unspecified atom stereocenters. The molecule has 1 atom stereocenters. The number of phenolic OH excluding ortho intramolecular Hbond substituents is 1. The van der Waals surface area contributed by atoms with Crippen LogP contribution in [0.1, 0.15) is 44.2 Å². The van der Waals surface area contributed by atoms with Crippen molar-refractivity contribution in [3.05, 3.63) is 29.8 Å². The van der Waals surface area contributed by atoms with Crippen molar-refractivity contribution in [1.29, 1.82) is 0 Å². The first-order valence-electron chi connectivity index (χ1n) is 7.30. The van der Waals surface area contributed by atoms with Crippen LogP contribution in [0.3, 0.4) is 0 Å². The van der Waals surface area contributed by atoms with Crippen LogP contribution in [0.5, 0.6) is 5.75 Å². The molecule has 0 heterocycles. The highest BCUT2D eigenvalue weighted by molar-refractivity contribution is 5.29. The molecule has 0 spiro atoms. The van der Waals surface area contributed by atoms with Gasteiger partial charge in [0.1, 0.15) is 5.75 Å². The highest BCUT2D eigenvalue weighted by atomic mass is 16.3. The Labute approximate surface area is 116 Å². The molecule has 2 N–H and O–H groups in total. The van der Waals surface area contributed by atoms with Gasteiger partial charge >= 0.3 is 0 Å². The van der Waals surface area contributed by atoms with Crippen LogP contribution < -0.4 is 5.32 Å². The summed E-state index contributed by atoms with van der Waals surface area (Å²) in [5, 5.41) is 13.0. The van der Waals surface area contributed by atoms with Crippen molar-refractivity contribution in [2.24, 2.45) is 0 Å². The van der Waals surface area contributed by atoms with Crippen LogP contribution in [-0.4, -0.2) is 36.2 Å². The zero-order chi connectivity index (χ0) is 13.8. The van der Waals surface area contributed by atoms with Crippen LogP contribution in [0.15, 0.2) is 24.3 Å². The molecule has 0 amide bonds. The molecule has 1 aromatic rings. The van der Waals surface area contributed by atoms with Crippen LogP contribution >= 0.6 is 0 Å². The summed E-state index contributed by atoms with van der Waals surface area (Å²) in [5.74, 6) is 0.358. The lowest BCUT2D eigenvalue weighted by molar-refractivity contribution is 0.136. The Hall–Kier alpha value is -1.06. The van der Waals surface area contributed by atoms with Gasteiger partial charge in [0.2, 0.25) is 0 Å². The summed E-state index contributed by atoms with van der Waals surface area (Å²) in [6.45, 7) is 2.22. The summed E-state index contributed by atoms with van der Waals surface area (Å²) >= 11 is 0. The van der Waals surface area contributed by atoms with E-state index >= 15 is 0 Å². The number of nitrogens with one attached hydrogen (secondary N) is 1. The second kappa shape index (κ2) is 6.40. The Morgan fingerprint density at radius 2 is 1.95 bits per heavy atom. The minimum atomic E-state index is 0.350. The number of hydrogen-bond donors (Lipinski definition) is 2. The maximum absolute atomic E-state index is 9.59. The molecule has 1 aliphatic carbocycles. The van der Waals surface area contributed by atoms with E-state index in [4.69, 9.17) is 0 Å². The lowest BCUT2D eigenvalue weighted by Gasteiger charge is -2.38. The average molecular weight is 262 g/mol. The quantitative estimate of drug-likeness (QED) is 0.876. The zero-order valence-corrected chi connectivity index (χ0v) is 12.3. The number of rotatable bonds is 4. The SMILES string of the molecule is CNC1CCC(N(C)C(C)c2cccc(O)c2)CC1. The van der Waals surface area contributed by atoms with E-state index in [1.807, 2.05) is 12.1 Å². The van der Waals surface area contributed by atoms with Gasteiger partial charge in [0.05, 0.1) is 0 Å². The highest BCUT2D eigenvalue weighted by Gasteiger charge is 2.26. The molecule has 1 aromatic carbocycles. The maximum atomic E-state index is 9.59. The predicted molar refractivity (Wildman–Crippen MR) is 79.4 cm³/mol. The van der Waals surface area contributed by atoms with Crippen LogP contribution in [0.2, 0.25) is 0 Å². The van der Waals surface area contributed by atoms with Gasteiger partial charge in [0.15, 0.2) is 0 Å². The summed E-state index contributed by atoms with van der Waals surface area (Å²) in [5.41, 5.74) is 1.19. The van der Waals surface area contributed by atoms with Crippen LogP contribution in [0, 0.1) is 0 Å². The molecule has 0 aromatic heterocycles. The first kappa shape index (κ1) is 14.4. The van der Waals surface area contributed by atoms with E-state index in [9.17, 15) is 5.11 Å². The molecule has 0 aliphatic heterocycles. The van der Waals surface area contributed by atoms with Gasteiger partial charge in [-0.25, -0.2) is 0 Å². The van der Waals surface area contributed by atoms with E-state index in [1.54, 1.807) is 6.07 Å². The smallest absolute Gasteiger partial charge is 0.115 e. The minimum Gasteiger partial charge on any atom is -0.508 e. The van der Waals surface area contributed by atoms with Gasteiger partial charge in [-0.1, -0.05) is 12.1 Å². The van der Waals surface area contributed by atoms with Gasteiger partial charge in [-0.05, 0) is 64.4 Å². The summed E-state index contributed by atoms with van der Waals surface area (Å²) < 4.78 is 0. The molecule has 1 saturated carbocycles. The van der Waals surface area contributed by atoms with E-state index < -0.39 is 0 Å². The van der Waals surface area contributed by atoms with Gasteiger partial charge in [-0.3, -0.25) is 4.90 Å². The molecule has 0 saturated heterocycles. The number of nitrogens with zero attached hydrogens (tertiary/aromatic N) is 1. The number of benzene rings is 1. The van der Waals surface area contributed by atoms with Crippen molar-refractivity contribution < 1.29 is 5.11 Å². The van der Waals surface area contributed by atoms with Crippen molar-refractivity contribution in [1.82, 2.24) is 10.2 Å². The maximum Gasteiger partial charge on any atom is 0.115 e. The third-order valence-corrected chi connectivity index (χ3v) is 4.64. The molecule has 1 fully saturated rings. The second-order valence-electron chi connectivity index (χ2n) is 5.73. The molecule has 0 radical (unpaired) electrons. The third-order valence-electron chi connectivity index (χ3n) is 4.64. The van der Waals surface area contributed by atoms with E-state index in [-0.39, 0.29) is 0 Å². The monoisotopic (exact) mass is 262 g/mol. The highest BCUT2D eigenvalue weighted by Crippen LogP contribution is 2.29. The molecular weight excluding hydrogens is 236 g/mol. The van der Waals surface area contributed by atoms with E-state index in [0.29, 0.717) is 23.9 Å². The Morgan fingerprint density at radius 3 is 2.53 bits per heavy atom. The number of hydrogen-bond acceptors (Lipinski definition) is 3. The van der Waals surface area contributed by atoms with E-state index in [2.05, 4.69) is 37.3 Å². The predicted octanol–water partition coefficient (Wildman–Crippen LogP) is 2.92. The van der Waals surface area contributed by atoms with Crippen molar-refractivity contribution >= 4 is 0 Å². The number of phenols is 1. The largest absolute Gasteiger partial charge is 0.508 e. The molecule has 106 valence electrons. The molecule has 3 heteroatoms. The Balaban J connectivity index is 1.98. The Kier molecular flexibility index (Phi) is 4.83. The summed E-state index contributed by atoms with van der Waals surface area (Å²) in [6, 6.07) is 9.33. The van der Waals surface area contributed by atoms with Gasteiger partial charge < -0.3 is 10.4 Å². The number of aromatic hydroxyl groups is 1. The topological polar surface area (TPSA) is 35.5 Å². The molecule has 1 aliphatic rings. The van der Waals surface area contributed by atoms with Crippen molar-refractivity contribution in [2.45, 2.75) is 50.7 Å². The standard InChI is InChI=1S/C16H26N2O/c1-12(13-5-4-6-16(19)11-13)18(3)15-9-7-14(17-2)8-10-15/h4-6,11-12,14-15,17,19H,7-10H2,1-3H3. The summed E-state index contributed by atoms with van der Waals surface area (Å²) in [4.78, 5) is 2.46. The van der Waals surface area contributed by atoms with Crippen LogP contribution in [0.25, 0.3) is 0 Å². The lowest BCUT2D eigenvalue weighted by atomic mass is 9.89. The fourth-order valence-corrected chi connectivity index (χ4v) is 3.11. The molecule has 3 nitrogen and oxygen atoms in total. The lowest BCUT2D eigenvalue weighted by Crippen LogP contribution is -2.40. The van der Waals surface area contributed by atoms with Gasteiger partial charge in [-0.15, -0.1) is 0 Å². The average Bonchev–Trinajstić information content (AvgIpc) is 2.46. The first-order chi connectivity index (χ1) is 9.11. The normalized spacial score (nSPS) is 25.5. The third kappa shape index (κ3) is 3.48. The van der Waals surface area contributed by atoms with Crippen LogP contribution in [-0.2, 0) is 0 Å². The van der Waals surface area contributed by atoms with Gasteiger partial charge in [0, 0.05) is 18.1 Å². The molecule has 19 heavy (non-hydrogen) atoms. The van der Waals surface area contributed by atoms with E-state index in [1.165, 1.54) is 31.2 Å². The minimum absolute atomic E-state index is 0.350. The van der Waals surface area contributed by atoms with Gasteiger partial charge in [-0.2, -0.15) is 0 Å². The van der Waals surface area contributed by atoms with Crippen molar-refractivity contribution in [3.8, 4) is 5.75 Å². The van der Waals surface area contributed by atoms with Crippen LogP contribution in [0.4, 0.5) is 0 Å². The van der Waals surface area contributed by atoms with Crippen molar-refractivity contribution in [3.63, 3.8) is 0 Å². The fraction of sp³-hybridized carbons (Fsp3) is 0.625.